The number of benzene rings is 2. The number of likely N-dealkylation sites (tertiary alicyclic amines) is 1. The molecule has 0 aliphatic carbocycles. The third-order valence-electron chi connectivity index (χ3n) is 6.08. The molecule has 0 bridgehead atoms. The summed E-state index contributed by atoms with van der Waals surface area (Å²) in [7, 11) is 2.13. The summed E-state index contributed by atoms with van der Waals surface area (Å²) in [5.74, 6) is 0.145. The minimum absolute atomic E-state index is 0.112. The number of rotatable bonds is 4. The lowest BCUT2D eigenvalue weighted by Gasteiger charge is -2.40. The number of piperazine rings is 1. The van der Waals surface area contributed by atoms with Crippen LogP contribution in [0.25, 0.3) is 0 Å². The molecule has 148 valence electrons. The van der Waals surface area contributed by atoms with Gasteiger partial charge in [-0.1, -0.05) is 48.9 Å². The second-order valence-electron chi connectivity index (χ2n) is 8.22. The highest BCUT2D eigenvalue weighted by Crippen LogP contribution is 2.26. The monoisotopic (exact) mass is 377 g/mol. The van der Waals surface area contributed by atoms with E-state index in [9.17, 15) is 4.79 Å². The Hall–Kier alpha value is -2.17. The molecule has 2 aromatic rings. The number of carbonyl (C=O) groups is 1. The summed E-state index contributed by atoms with van der Waals surface area (Å²) < 4.78 is 0. The number of piperidine rings is 1. The normalized spacial score (nSPS) is 21.6. The SMILES string of the molecule is CN1CCN(C(=O)c2ccc(CN3CCCCC3)cc2)[C@H](c2ccccc2)C1. The fourth-order valence-corrected chi connectivity index (χ4v) is 4.42. The zero-order chi connectivity index (χ0) is 19.3. The Labute approximate surface area is 168 Å². The van der Waals surface area contributed by atoms with Crippen molar-refractivity contribution in [2.24, 2.45) is 0 Å². The van der Waals surface area contributed by atoms with Crippen molar-refractivity contribution >= 4 is 5.91 Å². The van der Waals surface area contributed by atoms with E-state index in [1.807, 2.05) is 18.2 Å². The molecule has 2 aliphatic rings. The van der Waals surface area contributed by atoms with E-state index >= 15 is 0 Å². The van der Waals surface area contributed by atoms with Crippen molar-refractivity contribution in [2.45, 2.75) is 31.8 Å². The number of amides is 1. The third-order valence-corrected chi connectivity index (χ3v) is 6.08. The van der Waals surface area contributed by atoms with Crippen molar-refractivity contribution in [3.05, 3.63) is 71.3 Å². The van der Waals surface area contributed by atoms with Crippen LogP contribution in [0.3, 0.4) is 0 Å². The lowest BCUT2D eigenvalue weighted by Crippen LogP contribution is -2.49. The molecule has 2 heterocycles. The van der Waals surface area contributed by atoms with E-state index in [1.165, 1.54) is 43.5 Å². The van der Waals surface area contributed by atoms with Gasteiger partial charge in [0.2, 0.25) is 0 Å². The van der Waals surface area contributed by atoms with Crippen LogP contribution in [0, 0.1) is 0 Å². The van der Waals surface area contributed by atoms with Gasteiger partial charge in [-0.2, -0.15) is 0 Å². The Bertz CT molecular complexity index is 768. The molecule has 0 saturated carbocycles. The van der Waals surface area contributed by atoms with Gasteiger partial charge >= 0.3 is 0 Å². The molecule has 2 aromatic carbocycles. The van der Waals surface area contributed by atoms with Crippen molar-refractivity contribution < 1.29 is 4.79 Å². The molecule has 0 aromatic heterocycles. The fraction of sp³-hybridized carbons (Fsp3) is 0.458. The van der Waals surface area contributed by atoms with E-state index in [-0.39, 0.29) is 11.9 Å². The van der Waals surface area contributed by atoms with E-state index in [0.717, 1.165) is 31.7 Å². The zero-order valence-electron chi connectivity index (χ0n) is 16.9. The zero-order valence-corrected chi connectivity index (χ0v) is 16.9. The van der Waals surface area contributed by atoms with Gasteiger partial charge in [-0.3, -0.25) is 9.69 Å². The van der Waals surface area contributed by atoms with Gasteiger partial charge in [-0.15, -0.1) is 0 Å². The number of carbonyl (C=O) groups excluding carboxylic acids is 1. The van der Waals surface area contributed by atoms with Gasteiger partial charge in [0, 0.05) is 31.7 Å². The molecule has 4 nitrogen and oxygen atoms in total. The van der Waals surface area contributed by atoms with Gasteiger partial charge in [0.25, 0.3) is 5.91 Å². The van der Waals surface area contributed by atoms with Gasteiger partial charge in [0.15, 0.2) is 0 Å². The van der Waals surface area contributed by atoms with Crippen LogP contribution < -0.4 is 0 Å². The molecule has 1 amide bonds. The number of hydrogen-bond acceptors (Lipinski definition) is 3. The minimum atomic E-state index is 0.112. The number of likely N-dealkylation sites (N-methyl/N-ethyl adjacent to an activating group) is 1. The Kier molecular flexibility index (Phi) is 6.08. The molecule has 0 spiro atoms. The lowest BCUT2D eigenvalue weighted by atomic mass is 10.0. The molecule has 0 N–H and O–H groups in total. The number of hydrogen-bond donors (Lipinski definition) is 0. The highest BCUT2D eigenvalue weighted by atomic mass is 16.2. The van der Waals surface area contributed by atoms with Gasteiger partial charge in [0.1, 0.15) is 0 Å². The maximum Gasteiger partial charge on any atom is 0.254 e. The molecule has 0 radical (unpaired) electrons. The van der Waals surface area contributed by atoms with Gasteiger partial charge in [-0.05, 0) is 56.2 Å². The summed E-state index contributed by atoms with van der Waals surface area (Å²) in [6.07, 6.45) is 3.97. The second kappa shape index (κ2) is 8.89. The summed E-state index contributed by atoms with van der Waals surface area (Å²) in [5, 5.41) is 0. The Morgan fingerprint density at radius 3 is 2.32 bits per heavy atom. The predicted molar refractivity (Wildman–Crippen MR) is 113 cm³/mol. The molecule has 28 heavy (non-hydrogen) atoms. The minimum Gasteiger partial charge on any atom is -0.329 e. The first-order valence-electron chi connectivity index (χ1n) is 10.6. The first kappa shape index (κ1) is 19.2. The number of nitrogens with zero attached hydrogens (tertiary/aromatic N) is 3. The van der Waals surface area contributed by atoms with Crippen LogP contribution >= 0.6 is 0 Å². The van der Waals surface area contributed by atoms with Crippen LogP contribution in [-0.4, -0.2) is 60.4 Å². The van der Waals surface area contributed by atoms with Crippen molar-refractivity contribution in [3.63, 3.8) is 0 Å². The van der Waals surface area contributed by atoms with Crippen molar-refractivity contribution in [1.29, 1.82) is 0 Å². The van der Waals surface area contributed by atoms with E-state index < -0.39 is 0 Å². The molecule has 0 unspecified atom stereocenters. The standard InChI is InChI=1S/C24H31N3O/c1-25-16-17-27(23(19-25)21-8-4-2-5-9-21)24(28)22-12-10-20(11-13-22)18-26-14-6-3-7-15-26/h2,4-5,8-13,23H,3,6-7,14-19H2,1H3/t23-/m0/s1. The Balaban J connectivity index is 1.47. The van der Waals surface area contributed by atoms with E-state index in [1.54, 1.807) is 0 Å². The van der Waals surface area contributed by atoms with Crippen molar-refractivity contribution in [3.8, 4) is 0 Å². The van der Waals surface area contributed by atoms with Crippen molar-refractivity contribution in [2.75, 3.05) is 39.8 Å². The maximum atomic E-state index is 13.3. The first-order chi connectivity index (χ1) is 13.7. The van der Waals surface area contributed by atoms with Crippen LogP contribution in [0.5, 0.6) is 0 Å². The molecular weight excluding hydrogens is 346 g/mol. The van der Waals surface area contributed by atoms with Crippen LogP contribution in [0.2, 0.25) is 0 Å². The third kappa shape index (κ3) is 4.45. The predicted octanol–water partition coefficient (Wildman–Crippen LogP) is 3.80. The molecule has 4 rings (SSSR count). The van der Waals surface area contributed by atoms with Crippen LogP contribution in [0.15, 0.2) is 54.6 Å². The lowest BCUT2D eigenvalue weighted by molar-refractivity contribution is 0.0498. The largest absolute Gasteiger partial charge is 0.329 e. The smallest absolute Gasteiger partial charge is 0.254 e. The van der Waals surface area contributed by atoms with Crippen LogP contribution in [-0.2, 0) is 6.54 Å². The summed E-state index contributed by atoms with van der Waals surface area (Å²) in [5.41, 5.74) is 3.31. The summed E-state index contributed by atoms with van der Waals surface area (Å²) >= 11 is 0. The highest BCUT2D eigenvalue weighted by Gasteiger charge is 2.30. The molecule has 1 atom stereocenters. The van der Waals surface area contributed by atoms with Gasteiger partial charge in [-0.25, -0.2) is 0 Å². The van der Waals surface area contributed by atoms with E-state index in [0.29, 0.717) is 0 Å². The Morgan fingerprint density at radius 1 is 0.893 bits per heavy atom. The maximum absolute atomic E-state index is 13.3. The summed E-state index contributed by atoms with van der Waals surface area (Å²) in [6, 6.07) is 18.8. The second-order valence-corrected chi connectivity index (χ2v) is 8.22. The topological polar surface area (TPSA) is 26.8 Å². The summed E-state index contributed by atoms with van der Waals surface area (Å²) in [6.45, 7) is 5.95. The molecule has 2 saturated heterocycles. The average molecular weight is 378 g/mol. The Morgan fingerprint density at radius 2 is 1.61 bits per heavy atom. The molecule has 4 heteroatoms. The van der Waals surface area contributed by atoms with Gasteiger partial charge in [0.05, 0.1) is 6.04 Å². The molecule has 2 fully saturated rings. The van der Waals surface area contributed by atoms with Crippen LogP contribution in [0.4, 0.5) is 0 Å². The fourth-order valence-electron chi connectivity index (χ4n) is 4.42. The molecular formula is C24H31N3O. The summed E-state index contributed by atoms with van der Waals surface area (Å²) in [4.78, 5) is 20.2. The first-order valence-corrected chi connectivity index (χ1v) is 10.6. The van der Waals surface area contributed by atoms with E-state index in [4.69, 9.17) is 0 Å². The average Bonchev–Trinajstić information content (AvgIpc) is 2.75. The highest BCUT2D eigenvalue weighted by molar-refractivity contribution is 5.94. The van der Waals surface area contributed by atoms with Gasteiger partial charge < -0.3 is 9.80 Å². The van der Waals surface area contributed by atoms with Crippen LogP contribution in [0.1, 0.15) is 46.8 Å². The van der Waals surface area contributed by atoms with E-state index in [2.05, 4.69) is 58.1 Å². The quantitative estimate of drug-likeness (QED) is 0.811. The van der Waals surface area contributed by atoms with Crippen molar-refractivity contribution in [1.82, 2.24) is 14.7 Å². The molecule has 2 aliphatic heterocycles.